The molecular weight excluding hydrogens is 558 g/mol. The number of hydrogen-bond donors (Lipinski definition) is 3. The van der Waals surface area contributed by atoms with Crippen LogP contribution in [0.3, 0.4) is 0 Å². The Hall–Kier alpha value is -5.77. The van der Waals surface area contributed by atoms with Crippen LogP contribution in [0, 0.1) is 0 Å². The quantitative estimate of drug-likeness (QED) is 0.139. The van der Waals surface area contributed by atoms with E-state index in [1.165, 1.54) is 0 Å². The van der Waals surface area contributed by atoms with Gasteiger partial charge in [0.2, 0.25) is 11.8 Å². The zero-order valence-corrected chi connectivity index (χ0v) is 23.8. The van der Waals surface area contributed by atoms with E-state index in [0.717, 1.165) is 10.5 Å². The third-order valence-corrected chi connectivity index (χ3v) is 6.89. The number of benzene rings is 4. The van der Waals surface area contributed by atoms with Crippen molar-refractivity contribution in [2.24, 2.45) is 10.7 Å². The molecule has 0 aromatic heterocycles. The topological polar surface area (TPSA) is 143 Å². The Labute approximate surface area is 254 Å². The number of nitrogens with two attached hydrogens (primary N) is 1. The Morgan fingerprint density at radius 2 is 1.36 bits per heavy atom. The monoisotopic (exact) mass is 589 g/mol. The lowest BCUT2D eigenvalue weighted by atomic mass is 10.1. The number of rotatable bonds is 11. The molecule has 0 saturated carbocycles. The number of nitrogens with zero attached hydrogens (tertiary/aromatic N) is 2. The number of hydrogen-bond acceptors (Lipinski definition) is 6. The maximum absolute atomic E-state index is 13.2. The molecule has 4 aromatic rings. The molecule has 222 valence electrons. The molecule has 0 fully saturated rings. The van der Waals surface area contributed by atoms with E-state index in [9.17, 15) is 19.2 Å². The summed E-state index contributed by atoms with van der Waals surface area (Å²) in [5.41, 5.74) is 8.31. The van der Waals surface area contributed by atoms with Crippen molar-refractivity contribution in [1.29, 1.82) is 0 Å². The largest absolute Gasteiger partial charge is 0.457 e. The summed E-state index contributed by atoms with van der Waals surface area (Å²) < 4.78 is 5.85. The smallest absolute Gasteiger partial charge is 0.261 e. The maximum Gasteiger partial charge on any atom is 0.261 e. The molecule has 0 aliphatic carbocycles. The zero-order valence-electron chi connectivity index (χ0n) is 23.8. The van der Waals surface area contributed by atoms with E-state index in [4.69, 9.17) is 10.5 Å². The summed E-state index contributed by atoms with van der Waals surface area (Å²) >= 11 is 0. The Kier molecular flexibility index (Phi) is 9.41. The van der Waals surface area contributed by atoms with Crippen LogP contribution in [0.5, 0.6) is 11.5 Å². The van der Waals surface area contributed by atoms with Crippen LogP contribution in [0.1, 0.15) is 31.8 Å². The van der Waals surface area contributed by atoms with E-state index in [2.05, 4.69) is 15.6 Å². The average molecular weight is 590 g/mol. The molecule has 4 aromatic carbocycles. The van der Waals surface area contributed by atoms with Crippen molar-refractivity contribution in [3.05, 3.63) is 131 Å². The highest BCUT2D eigenvalue weighted by atomic mass is 16.5. The van der Waals surface area contributed by atoms with Gasteiger partial charge in [0.25, 0.3) is 11.8 Å². The molecule has 0 saturated heterocycles. The van der Waals surface area contributed by atoms with Gasteiger partial charge >= 0.3 is 0 Å². The lowest BCUT2D eigenvalue weighted by Crippen LogP contribution is -2.44. The SMILES string of the molecule is NC(=N[C@@H](Cc1ccccc1)C(=O)NCCN1C(=O)c2ccccc2C1=O)NC(=O)Cc1cccc(Oc2ccccc2)c1. The van der Waals surface area contributed by atoms with Crippen LogP contribution in [0.4, 0.5) is 0 Å². The number of ether oxygens (including phenoxy) is 1. The highest BCUT2D eigenvalue weighted by Crippen LogP contribution is 2.23. The van der Waals surface area contributed by atoms with Crippen LogP contribution in [0.2, 0.25) is 0 Å². The molecule has 4 N–H and O–H groups in total. The first kappa shape index (κ1) is 29.7. The third kappa shape index (κ3) is 7.54. The van der Waals surface area contributed by atoms with Crippen molar-refractivity contribution in [3.63, 3.8) is 0 Å². The fourth-order valence-corrected chi connectivity index (χ4v) is 4.80. The summed E-state index contributed by atoms with van der Waals surface area (Å²) in [5, 5.41) is 5.31. The number of fused-ring (bicyclic) bond motifs is 1. The minimum Gasteiger partial charge on any atom is -0.457 e. The highest BCUT2D eigenvalue weighted by Gasteiger charge is 2.34. The lowest BCUT2D eigenvalue weighted by Gasteiger charge is -2.17. The van der Waals surface area contributed by atoms with Crippen LogP contribution in [-0.2, 0) is 22.4 Å². The second-order valence-corrected chi connectivity index (χ2v) is 10.1. The van der Waals surface area contributed by atoms with Gasteiger partial charge in [-0.1, -0.05) is 72.8 Å². The normalized spacial score (nSPS) is 13.3. The number of amides is 4. The number of imide groups is 1. The molecule has 5 rings (SSSR count). The van der Waals surface area contributed by atoms with E-state index < -0.39 is 29.7 Å². The van der Waals surface area contributed by atoms with Gasteiger partial charge in [-0.05, 0) is 47.5 Å². The van der Waals surface area contributed by atoms with Gasteiger partial charge in [-0.2, -0.15) is 0 Å². The van der Waals surface area contributed by atoms with Crippen molar-refractivity contribution < 1.29 is 23.9 Å². The number of carbonyl (C=O) groups is 4. The molecule has 4 amide bonds. The first-order chi connectivity index (χ1) is 21.4. The summed E-state index contributed by atoms with van der Waals surface area (Å²) in [5.74, 6) is -0.615. The van der Waals surface area contributed by atoms with Crippen molar-refractivity contribution in [2.45, 2.75) is 18.9 Å². The van der Waals surface area contributed by atoms with Crippen LogP contribution < -0.4 is 21.1 Å². The Balaban J connectivity index is 1.20. The molecule has 0 unspecified atom stereocenters. The first-order valence-electron chi connectivity index (χ1n) is 14.1. The molecule has 10 nitrogen and oxygen atoms in total. The average Bonchev–Trinajstić information content (AvgIpc) is 3.26. The molecule has 10 heteroatoms. The van der Waals surface area contributed by atoms with E-state index in [0.29, 0.717) is 28.2 Å². The van der Waals surface area contributed by atoms with Gasteiger partial charge in [-0.3, -0.25) is 29.4 Å². The summed E-state index contributed by atoms with van der Waals surface area (Å²) in [7, 11) is 0. The predicted molar refractivity (Wildman–Crippen MR) is 165 cm³/mol. The van der Waals surface area contributed by atoms with Crippen LogP contribution in [-0.4, -0.2) is 53.6 Å². The minimum absolute atomic E-state index is 0.000867. The van der Waals surface area contributed by atoms with Gasteiger partial charge in [-0.25, -0.2) is 4.99 Å². The van der Waals surface area contributed by atoms with Gasteiger partial charge < -0.3 is 15.8 Å². The van der Waals surface area contributed by atoms with Gasteiger partial charge in [0.05, 0.1) is 17.5 Å². The Morgan fingerprint density at radius 3 is 2.05 bits per heavy atom. The highest BCUT2D eigenvalue weighted by molar-refractivity contribution is 6.21. The number of guanidine groups is 1. The molecule has 44 heavy (non-hydrogen) atoms. The van der Waals surface area contributed by atoms with Crippen LogP contribution >= 0.6 is 0 Å². The van der Waals surface area contributed by atoms with Gasteiger partial charge in [0.15, 0.2) is 5.96 Å². The maximum atomic E-state index is 13.2. The molecule has 1 atom stereocenters. The number of para-hydroxylation sites is 1. The fraction of sp³-hybridized carbons (Fsp3) is 0.147. The van der Waals surface area contributed by atoms with Gasteiger partial charge in [0, 0.05) is 19.5 Å². The van der Waals surface area contributed by atoms with Crippen molar-refractivity contribution >= 4 is 29.6 Å². The van der Waals surface area contributed by atoms with Crippen molar-refractivity contribution in [3.8, 4) is 11.5 Å². The molecule has 1 heterocycles. The fourth-order valence-electron chi connectivity index (χ4n) is 4.80. The van der Waals surface area contributed by atoms with E-state index >= 15 is 0 Å². The summed E-state index contributed by atoms with van der Waals surface area (Å²) in [6.45, 7) is 0.0257. The van der Waals surface area contributed by atoms with Crippen LogP contribution in [0.15, 0.2) is 114 Å². The van der Waals surface area contributed by atoms with Gasteiger partial charge in [0.1, 0.15) is 17.5 Å². The lowest BCUT2D eigenvalue weighted by molar-refractivity contribution is -0.122. The molecule has 1 aliphatic rings. The van der Waals surface area contributed by atoms with E-state index in [-0.39, 0.29) is 31.9 Å². The molecule has 0 spiro atoms. The van der Waals surface area contributed by atoms with E-state index in [1.54, 1.807) is 48.5 Å². The standard InChI is InChI=1S/C34H31N5O5/c35-34(38-30(40)22-24-12-9-15-26(20-24)44-25-13-5-2-6-14-25)37-29(21-23-10-3-1-4-11-23)31(41)36-18-19-39-32(42)27-16-7-8-17-28(27)33(39)43/h1-17,20,29H,18-19,21-22H2,(H,36,41)(H3,35,37,38,40)/t29-/m0/s1. The number of carbonyl (C=O) groups excluding carboxylic acids is 4. The predicted octanol–water partition coefficient (Wildman–Crippen LogP) is 3.48. The zero-order chi connectivity index (χ0) is 30.9. The van der Waals surface area contributed by atoms with Crippen molar-refractivity contribution in [1.82, 2.24) is 15.5 Å². The second kappa shape index (κ2) is 13.9. The van der Waals surface area contributed by atoms with Crippen molar-refractivity contribution in [2.75, 3.05) is 13.1 Å². The molecular formula is C34H31N5O5. The molecule has 1 aliphatic heterocycles. The summed E-state index contributed by atoms with van der Waals surface area (Å²) in [6, 6.07) is 31.3. The van der Waals surface area contributed by atoms with Crippen LogP contribution in [0.25, 0.3) is 0 Å². The first-order valence-corrected chi connectivity index (χ1v) is 14.1. The number of nitrogens with one attached hydrogen (secondary N) is 2. The summed E-state index contributed by atoms with van der Waals surface area (Å²) in [4.78, 5) is 56.7. The second-order valence-electron chi connectivity index (χ2n) is 10.1. The third-order valence-electron chi connectivity index (χ3n) is 6.89. The Bertz CT molecular complexity index is 1660. The molecule has 0 radical (unpaired) electrons. The molecule has 0 bridgehead atoms. The minimum atomic E-state index is -0.970. The number of aliphatic imine (C=N–C) groups is 1. The van der Waals surface area contributed by atoms with E-state index in [1.807, 2.05) is 60.7 Å². The summed E-state index contributed by atoms with van der Waals surface area (Å²) in [6.07, 6.45) is 0.229. The Morgan fingerprint density at radius 1 is 0.773 bits per heavy atom. The van der Waals surface area contributed by atoms with Gasteiger partial charge in [-0.15, -0.1) is 0 Å².